The van der Waals surface area contributed by atoms with E-state index in [0.29, 0.717) is 18.8 Å². The lowest BCUT2D eigenvalue weighted by atomic mass is 10.3. The van der Waals surface area contributed by atoms with Crippen molar-refractivity contribution in [2.45, 2.75) is 19.1 Å². The number of anilines is 1. The highest BCUT2D eigenvalue weighted by Gasteiger charge is 2.10. The summed E-state index contributed by atoms with van der Waals surface area (Å²) in [5.74, 6) is 0. The van der Waals surface area contributed by atoms with Crippen LogP contribution in [0.1, 0.15) is 4.88 Å². The highest BCUT2D eigenvalue weighted by Crippen LogP contribution is 2.09. The Morgan fingerprint density at radius 1 is 1.58 bits per heavy atom. The molecular weight excluding hydrogens is 260 g/mol. The van der Waals surface area contributed by atoms with Crippen molar-refractivity contribution >= 4 is 17.0 Å². The molecule has 0 radical (unpaired) electrons. The molecule has 2 aromatic rings. The molecule has 0 aliphatic rings. The van der Waals surface area contributed by atoms with Gasteiger partial charge in [-0.25, -0.2) is 0 Å². The van der Waals surface area contributed by atoms with E-state index in [1.165, 1.54) is 4.88 Å². The Morgan fingerprint density at radius 3 is 3.05 bits per heavy atom. The largest absolute Gasteiger partial charge is 0.396 e. The van der Waals surface area contributed by atoms with Gasteiger partial charge in [-0.15, -0.1) is 11.3 Å². The number of hydrogen-bond acceptors (Lipinski definition) is 5. The van der Waals surface area contributed by atoms with Crippen molar-refractivity contribution in [2.24, 2.45) is 0 Å². The molecule has 0 saturated carbocycles. The van der Waals surface area contributed by atoms with Crippen LogP contribution >= 0.6 is 11.3 Å². The van der Waals surface area contributed by atoms with E-state index in [1.807, 2.05) is 7.05 Å². The van der Waals surface area contributed by atoms with Gasteiger partial charge in [-0.3, -0.25) is 4.68 Å². The third-order valence-corrected chi connectivity index (χ3v) is 3.83. The van der Waals surface area contributed by atoms with Gasteiger partial charge in [-0.2, -0.15) is 5.10 Å². The van der Waals surface area contributed by atoms with Crippen LogP contribution in [-0.2, 0) is 13.0 Å². The van der Waals surface area contributed by atoms with Gasteiger partial charge in [0.05, 0.1) is 24.5 Å². The maximum atomic E-state index is 10.00. The molecule has 2 heterocycles. The van der Waals surface area contributed by atoms with Crippen molar-refractivity contribution in [3.8, 4) is 0 Å². The van der Waals surface area contributed by atoms with E-state index in [0.717, 1.165) is 13.0 Å². The first-order valence-electron chi connectivity index (χ1n) is 6.30. The van der Waals surface area contributed by atoms with Crippen LogP contribution in [0.3, 0.4) is 0 Å². The fraction of sp³-hybridized carbons (Fsp3) is 0.462. The molecule has 2 rings (SSSR count). The fourth-order valence-electron chi connectivity index (χ4n) is 1.96. The summed E-state index contributed by atoms with van der Waals surface area (Å²) in [4.78, 5) is 3.51. The second-order valence-electron chi connectivity index (χ2n) is 4.74. The number of hydrogen-bond donors (Lipinski definition) is 2. The zero-order chi connectivity index (χ0) is 13.7. The lowest BCUT2D eigenvalue weighted by molar-refractivity contribution is 0.107. The van der Waals surface area contributed by atoms with Crippen molar-refractivity contribution in [3.63, 3.8) is 0 Å². The molecule has 0 aromatic carbocycles. The van der Waals surface area contributed by atoms with Crippen LogP contribution < -0.4 is 5.73 Å². The van der Waals surface area contributed by atoms with E-state index in [-0.39, 0.29) is 0 Å². The smallest absolute Gasteiger partial charge is 0.0862 e. The molecule has 0 saturated heterocycles. The average molecular weight is 280 g/mol. The van der Waals surface area contributed by atoms with Crippen LogP contribution in [0.4, 0.5) is 5.69 Å². The maximum Gasteiger partial charge on any atom is 0.0862 e. The minimum absolute atomic E-state index is 0.437. The minimum Gasteiger partial charge on any atom is -0.396 e. The average Bonchev–Trinajstić information content (AvgIpc) is 2.98. The summed E-state index contributed by atoms with van der Waals surface area (Å²) in [6.07, 6.45) is 3.91. The van der Waals surface area contributed by atoms with Crippen LogP contribution in [0.15, 0.2) is 29.9 Å². The first-order chi connectivity index (χ1) is 9.13. The molecule has 104 valence electrons. The molecule has 0 bridgehead atoms. The highest BCUT2D eigenvalue weighted by atomic mass is 32.1. The van der Waals surface area contributed by atoms with Crippen molar-refractivity contribution in [3.05, 3.63) is 34.8 Å². The zero-order valence-corrected chi connectivity index (χ0v) is 11.9. The standard InChI is InChI=1S/C13H20N4OS/c1-16(5-4-13-3-2-6-19-13)9-12(18)10-17-8-11(14)7-15-17/h2-3,6-8,12,18H,4-5,9-10,14H2,1H3. The molecule has 19 heavy (non-hydrogen) atoms. The third-order valence-electron chi connectivity index (χ3n) is 2.89. The number of aromatic nitrogens is 2. The topological polar surface area (TPSA) is 67.3 Å². The molecule has 0 aliphatic carbocycles. The molecule has 2 aromatic heterocycles. The van der Waals surface area contributed by atoms with Crippen LogP contribution in [0.2, 0.25) is 0 Å². The van der Waals surface area contributed by atoms with Crippen LogP contribution in [0.25, 0.3) is 0 Å². The summed E-state index contributed by atoms with van der Waals surface area (Å²) in [6.45, 7) is 2.05. The summed E-state index contributed by atoms with van der Waals surface area (Å²) in [7, 11) is 2.02. The van der Waals surface area contributed by atoms with Crippen molar-refractivity contribution in [1.82, 2.24) is 14.7 Å². The zero-order valence-electron chi connectivity index (χ0n) is 11.1. The van der Waals surface area contributed by atoms with E-state index in [9.17, 15) is 5.11 Å². The third kappa shape index (κ3) is 4.66. The van der Waals surface area contributed by atoms with E-state index in [4.69, 9.17) is 5.73 Å². The van der Waals surface area contributed by atoms with Gasteiger partial charge in [0.15, 0.2) is 0 Å². The number of likely N-dealkylation sites (N-methyl/N-ethyl adjacent to an activating group) is 1. The Balaban J connectivity index is 1.70. The molecule has 1 atom stereocenters. The second kappa shape index (κ2) is 6.70. The summed E-state index contributed by atoms with van der Waals surface area (Å²) in [5.41, 5.74) is 6.21. The summed E-state index contributed by atoms with van der Waals surface area (Å²) in [5, 5.41) is 16.2. The van der Waals surface area contributed by atoms with Crippen LogP contribution in [0.5, 0.6) is 0 Å². The normalized spacial score (nSPS) is 13.0. The number of rotatable bonds is 7. The summed E-state index contributed by atoms with van der Waals surface area (Å²) >= 11 is 1.77. The van der Waals surface area contributed by atoms with E-state index >= 15 is 0 Å². The first kappa shape index (κ1) is 14.0. The SMILES string of the molecule is CN(CCc1cccs1)CC(O)Cn1cc(N)cn1. The van der Waals surface area contributed by atoms with Gasteiger partial charge in [0.1, 0.15) is 0 Å². The van der Waals surface area contributed by atoms with Crippen molar-refractivity contribution in [1.29, 1.82) is 0 Å². The second-order valence-corrected chi connectivity index (χ2v) is 5.77. The van der Waals surface area contributed by atoms with Gasteiger partial charge >= 0.3 is 0 Å². The fourth-order valence-corrected chi connectivity index (χ4v) is 2.66. The molecular formula is C13H20N4OS. The Morgan fingerprint density at radius 2 is 2.42 bits per heavy atom. The molecule has 0 aliphatic heterocycles. The Bertz CT molecular complexity index is 483. The number of nitrogens with two attached hydrogens (primary N) is 1. The van der Waals surface area contributed by atoms with Crippen LogP contribution in [-0.4, -0.2) is 46.0 Å². The van der Waals surface area contributed by atoms with Crippen LogP contribution in [0, 0.1) is 0 Å². The van der Waals surface area contributed by atoms with Gasteiger partial charge < -0.3 is 15.7 Å². The lowest BCUT2D eigenvalue weighted by Crippen LogP contribution is -2.33. The molecule has 3 N–H and O–H groups in total. The van der Waals surface area contributed by atoms with Crippen molar-refractivity contribution in [2.75, 3.05) is 25.9 Å². The van der Waals surface area contributed by atoms with Gasteiger partial charge in [-0.1, -0.05) is 6.07 Å². The van der Waals surface area contributed by atoms with E-state index in [1.54, 1.807) is 28.4 Å². The van der Waals surface area contributed by atoms with E-state index in [2.05, 4.69) is 27.5 Å². The Kier molecular flexibility index (Phi) is 4.95. The summed E-state index contributed by atoms with van der Waals surface area (Å²) in [6, 6.07) is 4.21. The summed E-state index contributed by atoms with van der Waals surface area (Å²) < 4.78 is 1.67. The number of nitrogens with zero attached hydrogens (tertiary/aromatic N) is 3. The monoisotopic (exact) mass is 280 g/mol. The molecule has 0 fully saturated rings. The van der Waals surface area contributed by atoms with E-state index < -0.39 is 6.10 Å². The molecule has 0 amide bonds. The Labute approximate surface area is 117 Å². The van der Waals surface area contributed by atoms with Gasteiger partial charge in [0.25, 0.3) is 0 Å². The minimum atomic E-state index is -0.437. The predicted molar refractivity (Wildman–Crippen MR) is 78.2 cm³/mol. The lowest BCUT2D eigenvalue weighted by Gasteiger charge is -2.20. The van der Waals surface area contributed by atoms with Gasteiger partial charge in [-0.05, 0) is 24.9 Å². The number of nitrogen functional groups attached to an aromatic ring is 1. The van der Waals surface area contributed by atoms with Crippen molar-refractivity contribution < 1.29 is 5.11 Å². The molecule has 1 unspecified atom stereocenters. The molecule has 5 nitrogen and oxygen atoms in total. The number of thiophene rings is 1. The maximum absolute atomic E-state index is 10.00. The van der Waals surface area contributed by atoms with Gasteiger partial charge in [0.2, 0.25) is 0 Å². The number of aliphatic hydroxyl groups is 1. The molecule has 6 heteroatoms. The quantitative estimate of drug-likeness (QED) is 0.796. The highest BCUT2D eigenvalue weighted by molar-refractivity contribution is 7.09. The Hall–Kier alpha value is -1.37. The first-order valence-corrected chi connectivity index (χ1v) is 7.18. The molecule has 0 spiro atoms. The van der Waals surface area contributed by atoms with Gasteiger partial charge in [0, 0.05) is 24.2 Å². The number of aliphatic hydroxyl groups excluding tert-OH is 1. The predicted octanol–water partition coefficient (Wildman–Crippen LogP) is 1.06.